The van der Waals surface area contributed by atoms with Crippen molar-refractivity contribution >= 4 is 44.4 Å². The molecule has 1 aromatic carbocycles. The van der Waals surface area contributed by atoms with E-state index in [-0.39, 0.29) is 15.9 Å². The number of nitrogens with two attached hydrogens (primary N) is 1. The molecular weight excluding hydrogens is 376 g/mol. The summed E-state index contributed by atoms with van der Waals surface area (Å²) in [5.41, 5.74) is 6.17. The van der Waals surface area contributed by atoms with E-state index in [4.69, 9.17) is 5.73 Å². The summed E-state index contributed by atoms with van der Waals surface area (Å²) in [7, 11) is 0. The number of thiazole rings is 1. The second kappa shape index (κ2) is 5.98. The van der Waals surface area contributed by atoms with Gasteiger partial charge in [0.1, 0.15) is 11.6 Å². The maximum absolute atomic E-state index is 13.8. The number of hydrogen-bond acceptors (Lipinski definition) is 5. The molecule has 0 saturated heterocycles. The molecule has 4 nitrogen and oxygen atoms in total. The van der Waals surface area contributed by atoms with Gasteiger partial charge in [0, 0.05) is 15.4 Å². The largest absolute Gasteiger partial charge is 0.419 e. The minimum absolute atomic E-state index is 0.0937. The number of nitrogens with one attached hydrogen (secondary N) is 1. The van der Waals surface area contributed by atoms with Gasteiger partial charge in [0.15, 0.2) is 0 Å². The Morgan fingerprint density at radius 1 is 1.38 bits per heavy atom. The topological polar surface area (TPSA) is 63.3 Å². The van der Waals surface area contributed by atoms with Crippen LogP contribution in [0.5, 0.6) is 0 Å². The molecule has 0 amide bonds. The summed E-state index contributed by atoms with van der Waals surface area (Å²) in [6.07, 6.45) is -3.85. The molecule has 0 atom stereocenters. The molecule has 0 aliphatic carbocycles. The molecule has 0 saturated carbocycles. The highest BCUT2D eigenvalue weighted by Gasteiger charge is 2.35. The monoisotopic (exact) mass is 382 g/mol. The summed E-state index contributed by atoms with van der Waals surface area (Å²) in [4.78, 5) is 3.83. The van der Waals surface area contributed by atoms with Gasteiger partial charge in [-0.3, -0.25) is 5.43 Å². The van der Waals surface area contributed by atoms with Gasteiger partial charge in [-0.05, 0) is 12.1 Å². The summed E-state index contributed by atoms with van der Waals surface area (Å²) in [6, 6.07) is 1.85. The van der Waals surface area contributed by atoms with Crippen LogP contribution in [-0.2, 0) is 6.18 Å². The fourth-order valence-electron chi connectivity index (χ4n) is 1.41. The van der Waals surface area contributed by atoms with Crippen LogP contribution >= 0.6 is 27.3 Å². The van der Waals surface area contributed by atoms with Crippen molar-refractivity contribution < 1.29 is 17.6 Å². The Labute approximate surface area is 128 Å². The number of hydrogen-bond donors (Lipinski definition) is 2. The summed E-state index contributed by atoms with van der Waals surface area (Å²) < 4.78 is 51.8. The maximum Gasteiger partial charge on any atom is 0.419 e. The van der Waals surface area contributed by atoms with E-state index in [1.54, 1.807) is 5.38 Å². The number of aromatic nitrogens is 1. The highest BCUT2D eigenvalue weighted by atomic mass is 79.9. The van der Waals surface area contributed by atoms with Crippen LogP contribution < -0.4 is 11.2 Å². The minimum atomic E-state index is -4.78. The molecule has 2 aromatic rings. The van der Waals surface area contributed by atoms with E-state index in [1.807, 2.05) is 0 Å². The third-order valence-corrected chi connectivity index (χ3v) is 3.48. The van der Waals surface area contributed by atoms with Crippen LogP contribution in [0.1, 0.15) is 11.1 Å². The molecular formula is C11H7BrF4N4S. The molecule has 21 heavy (non-hydrogen) atoms. The molecule has 0 aliphatic rings. The summed E-state index contributed by atoms with van der Waals surface area (Å²) in [6.45, 7) is 0. The molecule has 3 N–H and O–H groups in total. The molecule has 0 bridgehead atoms. The van der Waals surface area contributed by atoms with Gasteiger partial charge in [-0.2, -0.15) is 18.3 Å². The van der Waals surface area contributed by atoms with Crippen molar-refractivity contribution in [3.05, 3.63) is 38.9 Å². The third-order valence-electron chi connectivity index (χ3n) is 2.26. The zero-order chi connectivity index (χ0) is 15.6. The minimum Gasteiger partial charge on any atom is -0.383 e. The number of rotatable bonds is 3. The summed E-state index contributed by atoms with van der Waals surface area (Å²) in [5, 5.41) is 5.54. The quantitative estimate of drug-likeness (QED) is 0.477. The Morgan fingerprint density at radius 3 is 2.67 bits per heavy atom. The van der Waals surface area contributed by atoms with Crippen LogP contribution in [0.25, 0.3) is 0 Å². The van der Waals surface area contributed by atoms with Gasteiger partial charge in [0.25, 0.3) is 0 Å². The average molecular weight is 383 g/mol. The van der Waals surface area contributed by atoms with E-state index in [0.29, 0.717) is 11.2 Å². The number of halogens is 5. The molecule has 1 heterocycles. The van der Waals surface area contributed by atoms with Crippen LogP contribution in [0, 0.1) is 5.82 Å². The molecule has 0 radical (unpaired) electrons. The normalized spacial score (nSPS) is 12.0. The maximum atomic E-state index is 13.8. The molecule has 2 rings (SSSR count). The van der Waals surface area contributed by atoms with Crippen molar-refractivity contribution in [2.75, 3.05) is 11.2 Å². The van der Waals surface area contributed by atoms with Gasteiger partial charge in [-0.25, -0.2) is 9.37 Å². The molecule has 0 spiro atoms. The lowest BCUT2D eigenvalue weighted by molar-refractivity contribution is -0.140. The molecule has 10 heteroatoms. The van der Waals surface area contributed by atoms with E-state index in [2.05, 4.69) is 31.4 Å². The fraction of sp³-hybridized carbons (Fsp3) is 0.0909. The van der Waals surface area contributed by atoms with Gasteiger partial charge in [-0.15, -0.1) is 11.3 Å². The second-order valence-corrected chi connectivity index (χ2v) is 5.58. The van der Waals surface area contributed by atoms with Gasteiger partial charge in [0.2, 0.25) is 5.13 Å². The van der Waals surface area contributed by atoms with E-state index in [1.165, 1.54) is 6.07 Å². The number of alkyl halides is 3. The highest BCUT2D eigenvalue weighted by molar-refractivity contribution is 9.10. The standard InChI is InChI=1S/C11H7BrF4N4S/c12-6-1-5(9(13)7(2-6)11(14,15)16)3-18-20-10-19-8(17)4-21-10/h1-4H,17H2,(H,19,20). The van der Waals surface area contributed by atoms with Crippen molar-refractivity contribution in [3.8, 4) is 0 Å². The number of benzene rings is 1. The van der Waals surface area contributed by atoms with Gasteiger partial charge < -0.3 is 5.73 Å². The number of hydrazone groups is 1. The Balaban J connectivity index is 2.25. The Bertz CT molecular complexity index is 683. The van der Waals surface area contributed by atoms with Gasteiger partial charge >= 0.3 is 6.18 Å². The molecule has 1 aromatic heterocycles. The lowest BCUT2D eigenvalue weighted by Crippen LogP contribution is -2.10. The smallest absolute Gasteiger partial charge is 0.383 e. The SMILES string of the molecule is Nc1csc(NN=Cc2cc(Br)cc(C(F)(F)F)c2F)n1. The second-order valence-electron chi connectivity index (χ2n) is 3.80. The van der Waals surface area contributed by atoms with E-state index in [9.17, 15) is 17.6 Å². The first-order chi connectivity index (χ1) is 9.77. The molecule has 0 unspecified atom stereocenters. The molecule has 0 aliphatic heterocycles. The number of anilines is 2. The summed E-state index contributed by atoms with van der Waals surface area (Å²) >= 11 is 4.06. The van der Waals surface area contributed by atoms with Crippen molar-refractivity contribution in [2.24, 2.45) is 5.10 Å². The van der Waals surface area contributed by atoms with Crippen molar-refractivity contribution in [1.29, 1.82) is 0 Å². The van der Waals surface area contributed by atoms with Crippen molar-refractivity contribution in [3.63, 3.8) is 0 Å². The zero-order valence-electron chi connectivity index (χ0n) is 10.1. The molecule has 0 fully saturated rings. The highest BCUT2D eigenvalue weighted by Crippen LogP contribution is 2.34. The Morgan fingerprint density at radius 2 is 2.10 bits per heavy atom. The lowest BCUT2D eigenvalue weighted by atomic mass is 10.1. The first-order valence-corrected chi connectivity index (χ1v) is 7.01. The van der Waals surface area contributed by atoms with E-state index in [0.717, 1.165) is 17.6 Å². The number of nitrogens with zero attached hydrogens (tertiary/aromatic N) is 2. The van der Waals surface area contributed by atoms with Crippen molar-refractivity contribution in [2.45, 2.75) is 6.18 Å². The van der Waals surface area contributed by atoms with Crippen LogP contribution in [0.15, 0.2) is 27.1 Å². The van der Waals surface area contributed by atoms with Crippen molar-refractivity contribution in [1.82, 2.24) is 4.98 Å². The van der Waals surface area contributed by atoms with Crippen LogP contribution in [-0.4, -0.2) is 11.2 Å². The van der Waals surface area contributed by atoms with E-state index < -0.39 is 17.6 Å². The Hall–Kier alpha value is -1.68. The third kappa shape index (κ3) is 3.91. The van der Waals surface area contributed by atoms with Crippen LogP contribution in [0.3, 0.4) is 0 Å². The zero-order valence-corrected chi connectivity index (χ0v) is 12.5. The predicted molar refractivity (Wildman–Crippen MR) is 76.8 cm³/mol. The van der Waals surface area contributed by atoms with Gasteiger partial charge in [-0.1, -0.05) is 15.9 Å². The summed E-state index contributed by atoms with van der Waals surface area (Å²) in [5.74, 6) is -1.11. The predicted octanol–water partition coefficient (Wildman–Crippen LogP) is 4.09. The van der Waals surface area contributed by atoms with Crippen LogP contribution in [0.4, 0.5) is 28.5 Å². The average Bonchev–Trinajstić information content (AvgIpc) is 2.77. The first kappa shape index (κ1) is 15.7. The molecule has 112 valence electrons. The first-order valence-electron chi connectivity index (χ1n) is 5.33. The fourth-order valence-corrected chi connectivity index (χ4v) is 2.43. The van der Waals surface area contributed by atoms with E-state index >= 15 is 0 Å². The van der Waals surface area contributed by atoms with Crippen LogP contribution in [0.2, 0.25) is 0 Å². The lowest BCUT2D eigenvalue weighted by Gasteiger charge is -2.10. The number of nitrogen functional groups attached to an aromatic ring is 1. The Kier molecular flexibility index (Phi) is 4.47. The van der Waals surface area contributed by atoms with Gasteiger partial charge in [0.05, 0.1) is 11.8 Å².